The molecule has 1 aliphatic rings. The lowest BCUT2D eigenvalue weighted by Gasteiger charge is -2.23. The van der Waals surface area contributed by atoms with Gasteiger partial charge in [-0.05, 0) is 30.6 Å². The summed E-state index contributed by atoms with van der Waals surface area (Å²) in [6.45, 7) is 7.16. The molecular formula is C10H18O2. The van der Waals surface area contributed by atoms with Crippen LogP contribution in [0.15, 0.2) is 0 Å². The fourth-order valence-electron chi connectivity index (χ4n) is 2.22. The Morgan fingerprint density at radius 3 is 2.58 bits per heavy atom. The Bertz CT molecular complexity index is 154. The van der Waals surface area contributed by atoms with Gasteiger partial charge >= 0.3 is 0 Å². The van der Waals surface area contributed by atoms with Crippen molar-refractivity contribution in [1.29, 1.82) is 0 Å². The summed E-state index contributed by atoms with van der Waals surface area (Å²) in [6.07, 6.45) is 2.57. The molecule has 3 unspecified atom stereocenters. The van der Waals surface area contributed by atoms with Gasteiger partial charge in [0.2, 0.25) is 0 Å². The summed E-state index contributed by atoms with van der Waals surface area (Å²) in [5, 5.41) is 0. The molecule has 1 fully saturated rings. The SMILES string of the molecule is CC(C)C1CCC(C)C1OC=O. The highest BCUT2D eigenvalue weighted by molar-refractivity contribution is 5.37. The number of rotatable bonds is 3. The summed E-state index contributed by atoms with van der Waals surface area (Å²) in [5.41, 5.74) is 0. The molecule has 0 spiro atoms. The maximum atomic E-state index is 10.3. The Kier molecular flexibility index (Phi) is 3.12. The van der Waals surface area contributed by atoms with Crippen LogP contribution in [-0.4, -0.2) is 12.6 Å². The van der Waals surface area contributed by atoms with Crippen molar-refractivity contribution < 1.29 is 9.53 Å². The van der Waals surface area contributed by atoms with E-state index >= 15 is 0 Å². The Balaban J connectivity index is 2.56. The molecule has 70 valence electrons. The van der Waals surface area contributed by atoms with Crippen molar-refractivity contribution in [2.45, 2.75) is 39.7 Å². The van der Waals surface area contributed by atoms with E-state index in [9.17, 15) is 4.79 Å². The van der Waals surface area contributed by atoms with E-state index in [2.05, 4.69) is 20.8 Å². The lowest BCUT2D eigenvalue weighted by molar-refractivity contribution is -0.137. The van der Waals surface area contributed by atoms with E-state index in [4.69, 9.17) is 4.74 Å². The highest BCUT2D eigenvalue weighted by Crippen LogP contribution is 2.37. The quantitative estimate of drug-likeness (QED) is 0.607. The lowest BCUT2D eigenvalue weighted by atomic mass is 9.91. The number of carbonyl (C=O) groups excluding carboxylic acids is 1. The molecule has 0 bridgehead atoms. The second-order valence-corrected chi connectivity index (χ2v) is 4.16. The van der Waals surface area contributed by atoms with Gasteiger partial charge < -0.3 is 4.74 Å². The van der Waals surface area contributed by atoms with Crippen molar-refractivity contribution in [2.75, 3.05) is 0 Å². The molecule has 0 N–H and O–H groups in total. The molecule has 1 rings (SSSR count). The first-order chi connectivity index (χ1) is 5.66. The van der Waals surface area contributed by atoms with Gasteiger partial charge in [0, 0.05) is 0 Å². The van der Waals surface area contributed by atoms with Gasteiger partial charge in [0.25, 0.3) is 6.47 Å². The van der Waals surface area contributed by atoms with Gasteiger partial charge in [-0.2, -0.15) is 0 Å². The summed E-state index contributed by atoms with van der Waals surface area (Å²) in [5.74, 6) is 1.74. The largest absolute Gasteiger partial charge is 0.464 e. The van der Waals surface area contributed by atoms with Gasteiger partial charge in [0.05, 0.1) is 0 Å². The van der Waals surface area contributed by atoms with Crippen molar-refractivity contribution in [3.63, 3.8) is 0 Å². The van der Waals surface area contributed by atoms with Crippen molar-refractivity contribution in [1.82, 2.24) is 0 Å². The van der Waals surface area contributed by atoms with Crippen molar-refractivity contribution >= 4 is 6.47 Å². The van der Waals surface area contributed by atoms with E-state index in [1.165, 1.54) is 12.8 Å². The summed E-state index contributed by atoms with van der Waals surface area (Å²) < 4.78 is 5.11. The Labute approximate surface area is 74.3 Å². The molecule has 2 heteroatoms. The second-order valence-electron chi connectivity index (χ2n) is 4.16. The fraction of sp³-hybridized carbons (Fsp3) is 0.900. The van der Waals surface area contributed by atoms with E-state index in [0.717, 1.165) is 0 Å². The zero-order chi connectivity index (χ0) is 9.14. The molecule has 0 aromatic heterocycles. The minimum atomic E-state index is 0.169. The van der Waals surface area contributed by atoms with Crippen molar-refractivity contribution in [3.05, 3.63) is 0 Å². The molecule has 3 atom stereocenters. The minimum absolute atomic E-state index is 0.169. The van der Waals surface area contributed by atoms with Crippen molar-refractivity contribution in [2.24, 2.45) is 17.8 Å². The smallest absolute Gasteiger partial charge is 0.293 e. The summed E-state index contributed by atoms with van der Waals surface area (Å²) >= 11 is 0. The summed E-state index contributed by atoms with van der Waals surface area (Å²) in [7, 11) is 0. The van der Waals surface area contributed by atoms with Crippen molar-refractivity contribution in [3.8, 4) is 0 Å². The van der Waals surface area contributed by atoms with E-state index in [1.54, 1.807) is 0 Å². The van der Waals surface area contributed by atoms with Crippen LogP contribution in [0.2, 0.25) is 0 Å². The predicted molar refractivity (Wildman–Crippen MR) is 47.7 cm³/mol. The first-order valence-corrected chi connectivity index (χ1v) is 4.76. The molecule has 12 heavy (non-hydrogen) atoms. The van der Waals surface area contributed by atoms with E-state index in [1.807, 2.05) is 0 Å². The summed E-state index contributed by atoms with van der Waals surface area (Å²) in [4.78, 5) is 10.3. The molecule has 0 amide bonds. The summed E-state index contributed by atoms with van der Waals surface area (Å²) in [6, 6.07) is 0. The first kappa shape index (κ1) is 9.56. The molecule has 0 heterocycles. The molecular weight excluding hydrogens is 152 g/mol. The fourth-order valence-corrected chi connectivity index (χ4v) is 2.22. The van der Waals surface area contributed by atoms with E-state index in [0.29, 0.717) is 24.2 Å². The van der Waals surface area contributed by atoms with Gasteiger partial charge in [-0.15, -0.1) is 0 Å². The van der Waals surface area contributed by atoms with Crippen LogP contribution in [0, 0.1) is 17.8 Å². The highest BCUT2D eigenvalue weighted by atomic mass is 16.5. The van der Waals surface area contributed by atoms with Crippen LogP contribution in [0.1, 0.15) is 33.6 Å². The average molecular weight is 170 g/mol. The monoisotopic (exact) mass is 170 g/mol. The predicted octanol–water partition coefficient (Wildman–Crippen LogP) is 2.23. The first-order valence-electron chi connectivity index (χ1n) is 4.76. The van der Waals surface area contributed by atoms with Crippen LogP contribution in [0.25, 0.3) is 0 Å². The third kappa shape index (κ3) is 1.79. The Hall–Kier alpha value is -0.530. The van der Waals surface area contributed by atoms with Crippen LogP contribution in [0.4, 0.5) is 0 Å². The maximum Gasteiger partial charge on any atom is 0.293 e. The van der Waals surface area contributed by atoms with Crippen LogP contribution < -0.4 is 0 Å². The van der Waals surface area contributed by atoms with Crippen LogP contribution >= 0.6 is 0 Å². The average Bonchev–Trinajstić information content (AvgIpc) is 2.34. The van der Waals surface area contributed by atoms with Gasteiger partial charge in [-0.3, -0.25) is 4.79 Å². The highest BCUT2D eigenvalue weighted by Gasteiger charge is 2.36. The standard InChI is InChI=1S/C10H18O2/c1-7(2)9-5-4-8(3)10(9)12-6-11/h6-10H,4-5H2,1-3H3. The van der Waals surface area contributed by atoms with Gasteiger partial charge in [0.15, 0.2) is 0 Å². The zero-order valence-electron chi connectivity index (χ0n) is 8.12. The van der Waals surface area contributed by atoms with Gasteiger partial charge in [-0.25, -0.2) is 0 Å². The number of hydrogen-bond donors (Lipinski definition) is 0. The second kappa shape index (κ2) is 3.92. The number of ether oxygens (including phenoxy) is 1. The Morgan fingerprint density at radius 2 is 2.08 bits per heavy atom. The topological polar surface area (TPSA) is 26.3 Å². The normalized spacial score (nSPS) is 35.5. The maximum absolute atomic E-state index is 10.3. The minimum Gasteiger partial charge on any atom is -0.464 e. The Morgan fingerprint density at radius 1 is 1.42 bits per heavy atom. The zero-order valence-corrected chi connectivity index (χ0v) is 8.12. The molecule has 0 saturated heterocycles. The van der Waals surface area contributed by atoms with Gasteiger partial charge in [0.1, 0.15) is 6.10 Å². The van der Waals surface area contributed by atoms with Crippen LogP contribution in [-0.2, 0) is 9.53 Å². The third-order valence-electron chi connectivity index (χ3n) is 3.01. The number of hydrogen-bond acceptors (Lipinski definition) is 2. The number of carbonyl (C=O) groups is 1. The molecule has 0 radical (unpaired) electrons. The molecule has 2 nitrogen and oxygen atoms in total. The van der Waals surface area contributed by atoms with Crippen LogP contribution in [0.5, 0.6) is 0 Å². The molecule has 0 aromatic carbocycles. The van der Waals surface area contributed by atoms with Crippen LogP contribution in [0.3, 0.4) is 0 Å². The lowest BCUT2D eigenvalue weighted by Crippen LogP contribution is -2.26. The third-order valence-corrected chi connectivity index (χ3v) is 3.01. The van der Waals surface area contributed by atoms with E-state index < -0.39 is 0 Å². The molecule has 1 saturated carbocycles. The molecule has 1 aliphatic carbocycles. The van der Waals surface area contributed by atoms with Gasteiger partial charge in [-0.1, -0.05) is 20.8 Å². The molecule has 0 aromatic rings. The molecule has 0 aliphatic heterocycles. The van der Waals surface area contributed by atoms with E-state index in [-0.39, 0.29) is 6.10 Å².